The molecule has 2 aliphatic carbocycles. The highest BCUT2D eigenvalue weighted by molar-refractivity contribution is 5.83. The molecule has 3 nitrogen and oxygen atoms in total. The van der Waals surface area contributed by atoms with Crippen LogP contribution in [0.2, 0.25) is 0 Å². The molecule has 108 valence electrons. The zero-order valence-corrected chi connectivity index (χ0v) is 12.4. The van der Waals surface area contributed by atoms with E-state index in [4.69, 9.17) is 5.73 Å². The van der Waals surface area contributed by atoms with Gasteiger partial charge in [0.25, 0.3) is 0 Å². The second-order valence-electron chi connectivity index (χ2n) is 6.93. The number of primary amides is 1. The first kappa shape index (κ1) is 13.6. The van der Waals surface area contributed by atoms with Crippen LogP contribution < -0.4 is 11.1 Å². The molecular formula is C17H24N2O. The lowest BCUT2D eigenvalue weighted by molar-refractivity contribution is -0.123. The summed E-state index contributed by atoms with van der Waals surface area (Å²) in [6.45, 7) is 3.79. The predicted octanol–water partition coefficient (Wildman–Crippen LogP) is 2.03. The standard InChI is InChI=1S/C17H24N2O/c1-17(2,16(18)20)19-15-13-7-8-14(15)10-12-6-4-3-5-11(12)9-13/h3-6,13-15,19H,7-10H2,1-2H3,(H2,18,20). The number of nitrogens with two attached hydrogens (primary N) is 1. The van der Waals surface area contributed by atoms with Crippen molar-refractivity contribution in [2.75, 3.05) is 0 Å². The lowest BCUT2D eigenvalue weighted by Gasteiger charge is -2.32. The Labute approximate surface area is 120 Å². The predicted molar refractivity (Wildman–Crippen MR) is 80.3 cm³/mol. The number of amides is 1. The topological polar surface area (TPSA) is 55.1 Å². The molecule has 0 saturated heterocycles. The fraction of sp³-hybridized carbons (Fsp3) is 0.588. The summed E-state index contributed by atoms with van der Waals surface area (Å²) in [7, 11) is 0. The molecule has 1 saturated carbocycles. The molecule has 2 atom stereocenters. The summed E-state index contributed by atoms with van der Waals surface area (Å²) in [6, 6.07) is 9.18. The van der Waals surface area contributed by atoms with Gasteiger partial charge in [0, 0.05) is 6.04 Å². The van der Waals surface area contributed by atoms with E-state index in [1.165, 1.54) is 24.0 Å². The van der Waals surface area contributed by atoms with Crippen LogP contribution >= 0.6 is 0 Å². The van der Waals surface area contributed by atoms with Crippen molar-refractivity contribution in [3.63, 3.8) is 0 Å². The van der Waals surface area contributed by atoms with E-state index in [0.717, 1.165) is 12.8 Å². The highest BCUT2D eigenvalue weighted by atomic mass is 16.1. The van der Waals surface area contributed by atoms with Gasteiger partial charge in [-0.3, -0.25) is 4.79 Å². The highest BCUT2D eigenvalue weighted by Crippen LogP contribution is 2.40. The van der Waals surface area contributed by atoms with Gasteiger partial charge in [-0.05, 0) is 62.5 Å². The first-order valence-corrected chi connectivity index (χ1v) is 7.62. The summed E-state index contributed by atoms with van der Waals surface area (Å²) in [5.41, 5.74) is 7.88. The van der Waals surface area contributed by atoms with Crippen molar-refractivity contribution in [2.45, 2.75) is 51.1 Å². The summed E-state index contributed by atoms with van der Waals surface area (Å²) in [5.74, 6) is 0.989. The van der Waals surface area contributed by atoms with Gasteiger partial charge in [0.2, 0.25) is 5.91 Å². The van der Waals surface area contributed by atoms with Crippen LogP contribution in [0, 0.1) is 11.8 Å². The zero-order valence-electron chi connectivity index (χ0n) is 12.4. The van der Waals surface area contributed by atoms with E-state index in [2.05, 4.69) is 29.6 Å². The average Bonchev–Trinajstić information content (AvgIpc) is 2.65. The third-order valence-corrected chi connectivity index (χ3v) is 5.15. The molecule has 1 aromatic carbocycles. The first-order chi connectivity index (χ1) is 9.47. The van der Waals surface area contributed by atoms with Crippen molar-refractivity contribution in [3.05, 3.63) is 35.4 Å². The Kier molecular flexibility index (Phi) is 3.33. The summed E-state index contributed by atoms with van der Waals surface area (Å²) in [5, 5.41) is 3.56. The Morgan fingerprint density at radius 3 is 2.10 bits per heavy atom. The Hall–Kier alpha value is -1.35. The molecule has 1 aromatic rings. The number of hydrogen-bond donors (Lipinski definition) is 2. The van der Waals surface area contributed by atoms with Gasteiger partial charge in [0.15, 0.2) is 0 Å². The molecule has 0 aromatic heterocycles. The van der Waals surface area contributed by atoms with Crippen molar-refractivity contribution >= 4 is 5.91 Å². The summed E-state index contributed by atoms with van der Waals surface area (Å²) < 4.78 is 0. The lowest BCUT2D eigenvalue weighted by Crippen LogP contribution is -2.57. The van der Waals surface area contributed by atoms with Crippen molar-refractivity contribution < 1.29 is 4.79 Å². The molecule has 3 rings (SSSR count). The Bertz CT molecular complexity index is 490. The van der Waals surface area contributed by atoms with E-state index >= 15 is 0 Å². The number of carbonyl (C=O) groups is 1. The van der Waals surface area contributed by atoms with E-state index in [1.807, 2.05) is 13.8 Å². The van der Waals surface area contributed by atoms with Crippen LogP contribution in [0.1, 0.15) is 37.8 Å². The minimum atomic E-state index is -0.623. The van der Waals surface area contributed by atoms with Crippen molar-refractivity contribution in [3.8, 4) is 0 Å². The van der Waals surface area contributed by atoms with Gasteiger partial charge in [-0.25, -0.2) is 0 Å². The molecule has 1 amide bonds. The lowest BCUT2D eigenvalue weighted by atomic mass is 9.91. The van der Waals surface area contributed by atoms with Gasteiger partial charge in [-0.2, -0.15) is 0 Å². The van der Waals surface area contributed by atoms with Gasteiger partial charge >= 0.3 is 0 Å². The molecule has 20 heavy (non-hydrogen) atoms. The number of carbonyl (C=O) groups excluding carboxylic acids is 1. The first-order valence-electron chi connectivity index (χ1n) is 7.62. The monoisotopic (exact) mass is 272 g/mol. The minimum absolute atomic E-state index is 0.265. The van der Waals surface area contributed by atoms with Crippen LogP contribution in [0.25, 0.3) is 0 Å². The van der Waals surface area contributed by atoms with E-state index in [9.17, 15) is 4.79 Å². The number of benzene rings is 1. The molecule has 2 unspecified atom stereocenters. The van der Waals surface area contributed by atoms with Crippen LogP contribution in [0.4, 0.5) is 0 Å². The smallest absolute Gasteiger partial charge is 0.237 e. The van der Waals surface area contributed by atoms with Crippen molar-refractivity contribution in [1.82, 2.24) is 5.32 Å². The minimum Gasteiger partial charge on any atom is -0.368 e. The molecular weight excluding hydrogens is 248 g/mol. The Morgan fingerprint density at radius 1 is 1.15 bits per heavy atom. The van der Waals surface area contributed by atoms with Crippen LogP contribution in [-0.4, -0.2) is 17.5 Å². The molecule has 0 aliphatic heterocycles. The van der Waals surface area contributed by atoms with Gasteiger partial charge in [-0.1, -0.05) is 24.3 Å². The number of rotatable bonds is 3. The third-order valence-electron chi connectivity index (χ3n) is 5.15. The molecule has 3 heteroatoms. The maximum absolute atomic E-state index is 11.6. The van der Waals surface area contributed by atoms with E-state index in [1.54, 1.807) is 0 Å². The molecule has 0 radical (unpaired) electrons. The Morgan fingerprint density at radius 2 is 1.65 bits per heavy atom. The van der Waals surface area contributed by atoms with Crippen molar-refractivity contribution in [2.24, 2.45) is 17.6 Å². The second kappa shape index (κ2) is 4.88. The van der Waals surface area contributed by atoms with Gasteiger partial charge < -0.3 is 11.1 Å². The largest absolute Gasteiger partial charge is 0.368 e. The molecule has 3 N–H and O–H groups in total. The molecule has 1 fully saturated rings. The summed E-state index contributed by atoms with van der Waals surface area (Å²) in [6.07, 6.45) is 4.76. The average molecular weight is 272 g/mol. The second-order valence-corrected chi connectivity index (χ2v) is 6.93. The maximum Gasteiger partial charge on any atom is 0.237 e. The normalized spacial score (nSPS) is 28.8. The number of fused-ring (bicyclic) bond motifs is 3. The summed E-state index contributed by atoms with van der Waals surface area (Å²) >= 11 is 0. The Balaban J connectivity index is 1.84. The maximum atomic E-state index is 11.6. The third kappa shape index (κ3) is 2.35. The van der Waals surface area contributed by atoms with Crippen LogP contribution in [0.15, 0.2) is 24.3 Å². The van der Waals surface area contributed by atoms with E-state index < -0.39 is 5.54 Å². The van der Waals surface area contributed by atoms with Crippen molar-refractivity contribution in [1.29, 1.82) is 0 Å². The van der Waals surface area contributed by atoms with E-state index in [0.29, 0.717) is 17.9 Å². The zero-order chi connectivity index (χ0) is 14.3. The van der Waals surface area contributed by atoms with Gasteiger partial charge in [0.05, 0.1) is 5.54 Å². The fourth-order valence-electron chi connectivity index (χ4n) is 3.87. The fourth-order valence-corrected chi connectivity index (χ4v) is 3.87. The SMILES string of the molecule is CC(C)(NC1C2CCC1Cc1ccccc1C2)C(N)=O. The number of nitrogens with one attached hydrogen (secondary N) is 1. The molecule has 2 bridgehead atoms. The molecule has 2 aliphatic rings. The highest BCUT2D eigenvalue weighted by Gasteiger charge is 2.42. The van der Waals surface area contributed by atoms with Gasteiger partial charge in [-0.15, -0.1) is 0 Å². The molecule has 0 heterocycles. The summed E-state index contributed by atoms with van der Waals surface area (Å²) in [4.78, 5) is 11.6. The van der Waals surface area contributed by atoms with Gasteiger partial charge in [0.1, 0.15) is 0 Å². The molecule has 0 spiro atoms. The van der Waals surface area contributed by atoms with Crippen LogP contribution in [0.5, 0.6) is 0 Å². The number of hydrogen-bond acceptors (Lipinski definition) is 2. The van der Waals surface area contributed by atoms with Crippen LogP contribution in [0.3, 0.4) is 0 Å². The quantitative estimate of drug-likeness (QED) is 0.884. The van der Waals surface area contributed by atoms with Crippen LogP contribution in [-0.2, 0) is 17.6 Å². The van der Waals surface area contributed by atoms with E-state index in [-0.39, 0.29) is 5.91 Å².